The van der Waals surface area contributed by atoms with E-state index in [0.717, 1.165) is 5.70 Å². The summed E-state index contributed by atoms with van der Waals surface area (Å²) in [5, 5.41) is 8.53. The van der Waals surface area contributed by atoms with Gasteiger partial charge >= 0.3 is 0 Å². The van der Waals surface area contributed by atoms with Gasteiger partial charge in [0.2, 0.25) is 0 Å². The van der Waals surface area contributed by atoms with Crippen molar-refractivity contribution >= 4 is 0 Å². The molecule has 0 bridgehead atoms. The van der Waals surface area contributed by atoms with Gasteiger partial charge in [0, 0.05) is 32.9 Å². The summed E-state index contributed by atoms with van der Waals surface area (Å²) in [5.74, 6) is 0. The number of rotatable bonds is 5. The first-order chi connectivity index (χ1) is 4.72. The van der Waals surface area contributed by atoms with Crippen LogP contribution in [-0.4, -0.2) is 37.5 Å². The summed E-state index contributed by atoms with van der Waals surface area (Å²) >= 11 is 0. The van der Waals surface area contributed by atoms with E-state index in [0.29, 0.717) is 13.2 Å². The van der Waals surface area contributed by atoms with Crippen molar-refractivity contribution < 1.29 is 9.84 Å². The first-order valence-corrected chi connectivity index (χ1v) is 3.21. The van der Waals surface area contributed by atoms with Crippen molar-refractivity contribution in [3.05, 3.63) is 12.3 Å². The molecular weight excluding hydrogens is 130 g/mol. The second-order valence-corrected chi connectivity index (χ2v) is 2.16. The zero-order chi connectivity index (χ0) is 7.98. The Morgan fingerprint density at radius 1 is 1.70 bits per heavy atom. The van der Waals surface area contributed by atoms with E-state index >= 15 is 0 Å². The lowest BCUT2D eigenvalue weighted by atomic mass is 10.3. The molecule has 0 amide bonds. The Hall–Kier alpha value is -0.540. The predicted octanol–water partition coefficient (Wildman–Crippen LogP) is 0.418. The van der Waals surface area contributed by atoms with Crippen LogP contribution in [0.25, 0.3) is 0 Å². The molecule has 0 unspecified atom stereocenters. The standard InChI is InChI=1S/C7H15NO2/c1-7(4-5-9)8(2)6-10-3/h9H,1,4-6H2,2-3H3. The molecule has 0 fully saturated rings. The smallest absolute Gasteiger partial charge is 0.118 e. The Kier molecular flexibility index (Phi) is 4.98. The molecule has 0 aliphatic heterocycles. The molecule has 0 aliphatic carbocycles. The van der Waals surface area contributed by atoms with Gasteiger partial charge in [0.15, 0.2) is 0 Å². The van der Waals surface area contributed by atoms with Crippen LogP contribution in [0.2, 0.25) is 0 Å². The van der Waals surface area contributed by atoms with Gasteiger partial charge in [0.1, 0.15) is 6.73 Å². The molecule has 3 heteroatoms. The van der Waals surface area contributed by atoms with Crippen molar-refractivity contribution in [2.75, 3.05) is 27.5 Å². The maximum absolute atomic E-state index is 8.53. The molecule has 0 aromatic rings. The Balaban J connectivity index is 3.49. The molecule has 1 N–H and O–H groups in total. The fourth-order valence-electron chi connectivity index (χ4n) is 0.605. The van der Waals surface area contributed by atoms with E-state index < -0.39 is 0 Å². The summed E-state index contributed by atoms with van der Waals surface area (Å²) in [4.78, 5) is 1.86. The molecule has 60 valence electrons. The highest BCUT2D eigenvalue weighted by atomic mass is 16.5. The second-order valence-electron chi connectivity index (χ2n) is 2.16. The molecule has 0 aromatic carbocycles. The Labute approximate surface area is 61.9 Å². The fraction of sp³-hybridized carbons (Fsp3) is 0.714. The highest BCUT2D eigenvalue weighted by Crippen LogP contribution is 2.01. The highest BCUT2D eigenvalue weighted by molar-refractivity contribution is 4.90. The SMILES string of the molecule is C=C(CCO)N(C)COC. The number of nitrogens with zero attached hydrogens (tertiary/aromatic N) is 1. The lowest BCUT2D eigenvalue weighted by Crippen LogP contribution is -2.20. The molecule has 0 atom stereocenters. The van der Waals surface area contributed by atoms with Gasteiger partial charge in [-0.3, -0.25) is 0 Å². The van der Waals surface area contributed by atoms with Crippen molar-refractivity contribution in [2.45, 2.75) is 6.42 Å². The Morgan fingerprint density at radius 3 is 2.70 bits per heavy atom. The Bertz CT molecular complexity index is 104. The quantitative estimate of drug-likeness (QED) is 0.569. The first kappa shape index (κ1) is 9.46. The third-order valence-corrected chi connectivity index (χ3v) is 1.26. The topological polar surface area (TPSA) is 32.7 Å². The minimum Gasteiger partial charge on any atom is -0.396 e. The molecule has 0 saturated heterocycles. The summed E-state index contributed by atoms with van der Waals surface area (Å²) in [7, 11) is 3.50. The fourth-order valence-corrected chi connectivity index (χ4v) is 0.605. The molecule has 0 aromatic heterocycles. The van der Waals surface area contributed by atoms with Crippen molar-refractivity contribution in [1.82, 2.24) is 4.90 Å². The molecule has 3 nitrogen and oxygen atoms in total. The van der Waals surface area contributed by atoms with Crippen molar-refractivity contribution in [3.8, 4) is 0 Å². The first-order valence-electron chi connectivity index (χ1n) is 3.21. The number of aliphatic hydroxyl groups is 1. The van der Waals surface area contributed by atoms with E-state index in [1.165, 1.54) is 0 Å². The minimum atomic E-state index is 0.146. The number of hydrogen-bond acceptors (Lipinski definition) is 3. The van der Waals surface area contributed by atoms with Crippen LogP contribution in [-0.2, 0) is 4.74 Å². The van der Waals surface area contributed by atoms with Crippen LogP contribution >= 0.6 is 0 Å². The third kappa shape index (κ3) is 3.48. The molecule has 0 rings (SSSR count). The molecular formula is C7H15NO2. The number of ether oxygens (including phenoxy) is 1. The lowest BCUT2D eigenvalue weighted by molar-refractivity contribution is 0.0994. The van der Waals surface area contributed by atoms with Gasteiger partial charge < -0.3 is 14.7 Å². The van der Waals surface area contributed by atoms with E-state index in [-0.39, 0.29) is 6.61 Å². The van der Waals surface area contributed by atoms with Crippen LogP contribution in [0.5, 0.6) is 0 Å². The molecule has 10 heavy (non-hydrogen) atoms. The highest BCUT2D eigenvalue weighted by Gasteiger charge is 1.98. The van der Waals surface area contributed by atoms with Gasteiger partial charge in [0.05, 0.1) is 0 Å². The maximum atomic E-state index is 8.53. The summed E-state index contributed by atoms with van der Waals surface area (Å²) in [6.45, 7) is 4.42. The number of aliphatic hydroxyl groups excluding tert-OH is 1. The van der Waals surface area contributed by atoms with Crippen LogP contribution in [0, 0.1) is 0 Å². The van der Waals surface area contributed by atoms with Crippen LogP contribution < -0.4 is 0 Å². The monoisotopic (exact) mass is 145 g/mol. The third-order valence-electron chi connectivity index (χ3n) is 1.26. The van der Waals surface area contributed by atoms with Crippen LogP contribution in [0.15, 0.2) is 12.3 Å². The van der Waals surface area contributed by atoms with Crippen LogP contribution in [0.3, 0.4) is 0 Å². The summed E-state index contributed by atoms with van der Waals surface area (Å²) in [6, 6.07) is 0. The zero-order valence-corrected chi connectivity index (χ0v) is 6.63. The van der Waals surface area contributed by atoms with Crippen LogP contribution in [0.4, 0.5) is 0 Å². The van der Waals surface area contributed by atoms with Gasteiger partial charge in [-0.15, -0.1) is 0 Å². The van der Waals surface area contributed by atoms with Gasteiger partial charge in [-0.2, -0.15) is 0 Å². The average Bonchev–Trinajstić information content (AvgIpc) is 1.89. The Morgan fingerprint density at radius 2 is 2.30 bits per heavy atom. The zero-order valence-electron chi connectivity index (χ0n) is 6.63. The maximum Gasteiger partial charge on any atom is 0.118 e. The predicted molar refractivity (Wildman–Crippen MR) is 40.5 cm³/mol. The summed E-state index contributed by atoms with van der Waals surface area (Å²) < 4.78 is 4.85. The van der Waals surface area contributed by atoms with Gasteiger partial charge in [0.25, 0.3) is 0 Å². The number of hydrogen-bond donors (Lipinski definition) is 1. The molecule has 0 radical (unpaired) electrons. The van der Waals surface area contributed by atoms with E-state index in [2.05, 4.69) is 6.58 Å². The summed E-state index contributed by atoms with van der Waals surface area (Å²) in [6.07, 6.45) is 0.611. The van der Waals surface area contributed by atoms with E-state index in [1.54, 1.807) is 7.11 Å². The normalized spacial score (nSPS) is 9.50. The van der Waals surface area contributed by atoms with E-state index in [4.69, 9.17) is 9.84 Å². The van der Waals surface area contributed by atoms with Crippen molar-refractivity contribution in [2.24, 2.45) is 0 Å². The van der Waals surface area contributed by atoms with Gasteiger partial charge in [-0.25, -0.2) is 0 Å². The molecule has 0 saturated carbocycles. The van der Waals surface area contributed by atoms with Crippen molar-refractivity contribution in [1.29, 1.82) is 0 Å². The minimum absolute atomic E-state index is 0.146. The molecule has 0 aliphatic rings. The van der Waals surface area contributed by atoms with Gasteiger partial charge in [-0.1, -0.05) is 6.58 Å². The van der Waals surface area contributed by atoms with Crippen LogP contribution in [0.1, 0.15) is 6.42 Å². The molecule has 0 spiro atoms. The second kappa shape index (κ2) is 5.26. The average molecular weight is 145 g/mol. The van der Waals surface area contributed by atoms with E-state index in [1.807, 2.05) is 11.9 Å². The molecule has 0 heterocycles. The van der Waals surface area contributed by atoms with E-state index in [9.17, 15) is 0 Å². The largest absolute Gasteiger partial charge is 0.396 e. The lowest BCUT2D eigenvalue weighted by Gasteiger charge is -2.19. The van der Waals surface area contributed by atoms with Gasteiger partial charge in [-0.05, 0) is 0 Å². The number of methoxy groups -OCH3 is 1. The summed E-state index contributed by atoms with van der Waals surface area (Å²) in [5.41, 5.74) is 0.893. The van der Waals surface area contributed by atoms with Crippen molar-refractivity contribution in [3.63, 3.8) is 0 Å².